The molecule has 0 bridgehead atoms. The first-order valence-corrected chi connectivity index (χ1v) is 7.15. The Hall–Kier alpha value is -3.08. The highest BCUT2D eigenvalue weighted by Gasteiger charge is 2.04. The molecule has 0 aromatic heterocycles. The third-order valence-corrected chi connectivity index (χ3v) is 3.13. The van der Waals surface area contributed by atoms with Gasteiger partial charge in [0, 0.05) is 6.08 Å². The van der Waals surface area contributed by atoms with Crippen molar-refractivity contribution in [1.29, 1.82) is 0 Å². The summed E-state index contributed by atoms with van der Waals surface area (Å²) < 4.78 is 5.03. The fraction of sp³-hybridized carbons (Fsp3) is 0.111. The summed E-state index contributed by atoms with van der Waals surface area (Å²) in [7, 11) is 0. The number of carbonyl (C=O) groups is 2. The number of carbonyl (C=O) groups excluding carboxylic acids is 2. The van der Waals surface area contributed by atoms with Crippen LogP contribution in [0, 0.1) is 6.92 Å². The van der Waals surface area contributed by atoms with Gasteiger partial charge in [-0.15, -0.1) is 0 Å². The van der Waals surface area contributed by atoms with Gasteiger partial charge in [-0.05, 0) is 29.7 Å². The fourth-order valence-corrected chi connectivity index (χ4v) is 1.84. The molecule has 0 fully saturated rings. The largest absolute Gasteiger partial charge is 0.443 e. The zero-order valence-corrected chi connectivity index (χ0v) is 12.8. The Morgan fingerprint density at radius 2 is 1.70 bits per heavy atom. The average molecular weight is 310 g/mol. The van der Waals surface area contributed by atoms with Crippen LogP contribution in [-0.2, 0) is 16.1 Å². The zero-order chi connectivity index (χ0) is 16.5. The molecule has 118 valence electrons. The smallest absolute Gasteiger partial charge is 0.426 e. The van der Waals surface area contributed by atoms with Gasteiger partial charge in [-0.2, -0.15) is 0 Å². The molecule has 0 saturated carbocycles. The highest BCUT2D eigenvalue weighted by atomic mass is 16.6. The molecule has 2 rings (SSSR count). The Kier molecular flexibility index (Phi) is 5.94. The molecular weight excluding hydrogens is 292 g/mol. The number of amides is 2. The number of nitrogens with one attached hydrogen (secondary N) is 2. The van der Waals surface area contributed by atoms with Gasteiger partial charge in [-0.3, -0.25) is 10.2 Å². The summed E-state index contributed by atoms with van der Waals surface area (Å²) in [6.45, 7) is 2.08. The highest BCUT2D eigenvalue weighted by molar-refractivity contribution is 5.92. The monoisotopic (exact) mass is 310 g/mol. The van der Waals surface area contributed by atoms with Crippen LogP contribution in [0.5, 0.6) is 0 Å². The summed E-state index contributed by atoms with van der Waals surface area (Å²) in [5, 5.41) is 0. The van der Waals surface area contributed by atoms with E-state index in [-0.39, 0.29) is 6.61 Å². The number of ether oxygens (including phenoxy) is 1. The van der Waals surface area contributed by atoms with E-state index in [0.29, 0.717) is 0 Å². The number of hydrogen-bond donors (Lipinski definition) is 2. The van der Waals surface area contributed by atoms with E-state index in [1.807, 2.05) is 61.5 Å². The average Bonchev–Trinajstić information content (AvgIpc) is 2.58. The summed E-state index contributed by atoms with van der Waals surface area (Å²) >= 11 is 0. The van der Waals surface area contributed by atoms with Gasteiger partial charge >= 0.3 is 6.09 Å². The third-order valence-electron chi connectivity index (χ3n) is 3.13. The topological polar surface area (TPSA) is 67.4 Å². The molecule has 0 atom stereocenters. The van der Waals surface area contributed by atoms with Crippen LogP contribution in [-0.4, -0.2) is 12.0 Å². The first-order chi connectivity index (χ1) is 11.1. The maximum atomic E-state index is 11.6. The van der Waals surface area contributed by atoms with Crippen molar-refractivity contribution < 1.29 is 14.3 Å². The Morgan fingerprint density at radius 1 is 1.00 bits per heavy atom. The van der Waals surface area contributed by atoms with E-state index in [1.54, 1.807) is 6.08 Å². The van der Waals surface area contributed by atoms with Gasteiger partial charge in [0.1, 0.15) is 6.61 Å². The molecule has 2 aromatic rings. The minimum atomic E-state index is -0.713. The molecule has 0 aliphatic heterocycles. The minimum Gasteiger partial charge on any atom is -0.443 e. The number of hydrazine groups is 1. The summed E-state index contributed by atoms with van der Waals surface area (Å²) in [6, 6.07) is 17.0. The molecular formula is C18H18N2O3. The molecule has 2 amide bonds. The van der Waals surface area contributed by atoms with Gasteiger partial charge in [0.2, 0.25) is 0 Å². The lowest BCUT2D eigenvalue weighted by atomic mass is 10.1. The van der Waals surface area contributed by atoms with Gasteiger partial charge in [-0.1, -0.05) is 54.6 Å². The molecule has 0 aliphatic carbocycles. The van der Waals surface area contributed by atoms with Gasteiger partial charge in [-0.25, -0.2) is 10.2 Å². The minimum absolute atomic E-state index is 0.147. The van der Waals surface area contributed by atoms with Crippen molar-refractivity contribution in [3.05, 3.63) is 77.4 Å². The molecule has 0 spiro atoms. The van der Waals surface area contributed by atoms with Crippen molar-refractivity contribution in [2.24, 2.45) is 0 Å². The van der Waals surface area contributed by atoms with Crippen molar-refractivity contribution in [2.45, 2.75) is 13.5 Å². The number of benzene rings is 2. The van der Waals surface area contributed by atoms with E-state index in [1.165, 1.54) is 6.08 Å². The van der Waals surface area contributed by atoms with E-state index in [4.69, 9.17) is 4.74 Å². The lowest BCUT2D eigenvalue weighted by Crippen LogP contribution is -2.41. The van der Waals surface area contributed by atoms with Gasteiger partial charge in [0.25, 0.3) is 5.91 Å². The fourth-order valence-electron chi connectivity index (χ4n) is 1.84. The summed E-state index contributed by atoms with van der Waals surface area (Å²) in [5.41, 5.74) is 7.29. The second kappa shape index (κ2) is 8.38. The molecule has 0 radical (unpaired) electrons. The Balaban J connectivity index is 1.73. The quantitative estimate of drug-likeness (QED) is 0.674. The lowest BCUT2D eigenvalue weighted by molar-refractivity contribution is -0.117. The molecule has 0 saturated heterocycles. The first kappa shape index (κ1) is 16.3. The highest BCUT2D eigenvalue weighted by Crippen LogP contribution is 2.08. The van der Waals surface area contributed by atoms with Crippen LogP contribution in [0.4, 0.5) is 4.79 Å². The van der Waals surface area contributed by atoms with Crippen LogP contribution < -0.4 is 10.9 Å². The predicted molar refractivity (Wildman–Crippen MR) is 88.1 cm³/mol. The second-order valence-corrected chi connectivity index (χ2v) is 4.86. The Labute approximate surface area is 134 Å². The number of aryl methyl sites for hydroxylation is 1. The molecule has 5 nitrogen and oxygen atoms in total. The maximum absolute atomic E-state index is 11.6. The Bertz CT molecular complexity index is 696. The van der Waals surface area contributed by atoms with Crippen molar-refractivity contribution in [2.75, 3.05) is 0 Å². The van der Waals surface area contributed by atoms with Crippen molar-refractivity contribution in [3.63, 3.8) is 0 Å². The van der Waals surface area contributed by atoms with E-state index in [9.17, 15) is 9.59 Å². The molecule has 0 heterocycles. The normalized spacial score (nSPS) is 10.3. The zero-order valence-electron chi connectivity index (χ0n) is 12.8. The van der Waals surface area contributed by atoms with Crippen molar-refractivity contribution in [3.8, 4) is 0 Å². The van der Waals surface area contributed by atoms with E-state index in [0.717, 1.165) is 16.7 Å². The predicted octanol–water partition coefficient (Wildman–Crippen LogP) is 2.97. The molecule has 0 aliphatic rings. The second-order valence-electron chi connectivity index (χ2n) is 4.86. The summed E-state index contributed by atoms with van der Waals surface area (Å²) in [6.07, 6.45) is 2.27. The van der Waals surface area contributed by atoms with Crippen LogP contribution in [0.25, 0.3) is 6.08 Å². The van der Waals surface area contributed by atoms with Gasteiger partial charge in [0.15, 0.2) is 0 Å². The summed E-state index contributed by atoms with van der Waals surface area (Å²) in [5.74, 6) is -0.443. The lowest BCUT2D eigenvalue weighted by Gasteiger charge is -2.08. The van der Waals surface area contributed by atoms with Crippen LogP contribution in [0.15, 0.2) is 60.7 Å². The van der Waals surface area contributed by atoms with Crippen LogP contribution >= 0.6 is 0 Å². The van der Waals surface area contributed by atoms with Crippen LogP contribution in [0.1, 0.15) is 16.7 Å². The van der Waals surface area contributed by atoms with Gasteiger partial charge < -0.3 is 4.74 Å². The maximum Gasteiger partial charge on any atom is 0.426 e. The van der Waals surface area contributed by atoms with Crippen molar-refractivity contribution in [1.82, 2.24) is 10.9 Å². The molecule has 23 heavy (non-hydrogen) atoms. The van der Waals surface area contributed by atoms with Crippen molar-refractivity contribution >= 4 is 18.1 Å². The van der Waals surface area contributed by atoms with E-state index >= 15 is 0 Å². The van der Waals surface area contributed by atoms with Crippen LogP contribution in [0.3, 0.4) is 0 Å². The van der Waals surface area contributed by atoms with Crippen LogP contribution in [0.2, 0.25) is 0 Å². The SMILES string of the molecule is Cc1ccccc1COC(=O)NNC(=O)C=Cc1ccccc1. The number of rotatable bonds is 4. The Morgan fingerprint density at radius 3 is 2.43 bits per heavy atom. The van der Waals surface area contributed by atoms with E-state index in [2.05, 4.69) is 10.9 Å². The molecule has 2 N–H and O–H groups in total. The summed E-state index contributed by atoms with van der Waals surface area (Å²) in [4.78, 5) is 23.1. The van der Waals surface area contributed by atoms with E-state index < -0.39 is 12.0 Å². The molecule has 0 unspecified atom stereocenters. The molecule has 2 aromatic carbocycles. The third kappa shape index (κ3) is 5.67. The standard InChI is InChI=1S/C18H18N2O3/c1-14-7-5-6-10-16(14)13-23-18(22)20-19-17(21)12-11-15-8-3-2-4-9-15/h2-12H,13H2,1H3,(H,19,21)(H,20,22). The first-order valence-electron chi connectivity index (χ1n) is 7.15. The molecule has 5 heteroatoms. The number of hydrogen-bond acceptors (Lipinski definition) is 3. The van der Waals surface area contributed by atoms with Gasteiger partial charge in [0.05, 0.1) is 0 Å².